The minimum Gasteiger partial charge on any atom is -0.382 e. The number of nitrogen functional groups attached to an aromatic ring is 1. The maximum Gasteiger partial charge on any atom is 0.146 e. The maximum atomic E-state index is 5.77. The van der Waals surface area contributed by atoms with Crippen LogP contribution in [0.5, 0.6) is 0 Å². The van der Waals surface area contributed by atoms with Crippen LogP contribution in [-0.4, -0.2) is 14.3 Å². The monoisotopic (exact) mass is 240 g/mol. The molecule has 0 fully saturated rings. The van der Waals surface area contributed by atoms with Gasteiger partial charge in [-0.3, -0.25) is 4.68 Å². The molecule has 18 heavy (non-hydrogen) atoms. The predicted octanol–water partition coefficient (Wildman–Crippen LogP) is 2.47. The first kappa shape index (κ1) is 10.9. The van der Waals surface area contributed by atoms with Crippen molar-refractivity contribution < 1.29 is 0 Å². The Bertz CT molecular complexity index is 734. The molecule has 1 aromatic carbocycles. The Balaban J connectivity index is 2.40. The van der Waals surface area contributed by atoms with Gasteiger partial charge in [0.25, 0.3) is 0 Å². The maximum absolute atomic E-state index is 5.77. The van der Waals surface area contributed by atoms with Crippen molar-refractivity contribution in [3.05, 3.63) is 36.0 Å². The number of hydrogen-bond acceptors (Lipinski definition) is 2. The fourth-order valence-electron chi connectivity index (χ4n) is 2.56. The molecule has 0 aliphatic heterocycles. The molecule has 92 valence electrons. The van der Waals surface area contributed by atoms with Crippen LogP contribution in [0.25, 0.3) is 22.2 Å². The predicted molar refractivity (Wildman–Crippen MR) is 74.3 cm³/mol. The van der Waals surface area contributed by atoms with Crippen molar-refractivity contribution in [2.75, 3.05) is 5.73 Å². The summed E-state index contributed by atoms with van der Waals surface area (Å²) in [6.45, 7) is 2.13. The Hall–Kier alpha value is -2.23. The van der Waals surface area contributed by atoms with E-state index in [1.54, 1.807) is 0 Å². The normalized spacial score (nSPS) is 11.3. The largest absolute Gasteiger partial charge is 0.382 e. The van der Waals surface area contributed by atoms with E-state index in [-0.39, 0.29) is 0 Å². The van der Waals surface area contributed by atoms with Crippen molar-refractivity contribution in [1.82, 2.24) is 14.3 Å². The molecular formula is C14H16N4. The van der Waals surface area contributed by atoms with Gasteiger partial charge in [-0.25, -0.2) is 0 Å². The van der Waals surface area contributed by atoms with Crippen molar-refractivity contribution >= 4 is 16.7 Å². The van der Waals surface area contributed by atoms with Crippen LogP contribution in [-0.2, 0) is 14.1 Å². The topological polar surface area (TPSA) is 48.8 Å². The van der Waals surface area contributed by atoms with Crippen molar-refractivity contribution in [2.24, 2.45) is 14.1 Å². The smallest absolute Gasteiger partial charge is 0.146 e. The molecular weight excluding hydrogens is 224 g/mol. The molecule has 4 nitrogen and oxygen atoms in total. The fourth-order valence-corrected chi connectivity index (χ4v) is 2.56. The number of benzene rings is 1. The minimum atomic E-state index is 0.554. The summed E-state index contributed by atoms with van der Waals surface area (Å²) in [5, 5.41) is 5.49. The summed E-state index contributed by atoms with van der Waals surface area (Å²) in [5.74, 6) is 0.554. The SMILES string of the molecule is Cc1cccc2c1c(-c1cc(N)nn1C)cn2C. The first-order valence-corrected chi connectivity index (χ1v) is 5.92. The highest BCUT2D eigenvalue weighted by Gasteiger charge is 2.14. The van der Waals surface area contributed by atoms with Gasteiger partial charge in [-0.15, -0.1) is 0 Å². The van der Waals surface area contributed by atoms with E-state index in [4.69, 9.17) is 5.73 Å². The third-order valence-electron chi connectivity index (χ3n) is 3.40. The van der Waals surface area contributed by atoms with E-state index in [0.717, 1.165) is 5.69 Å². The highest BCUT2D eigenvalue weighted by atomic mass is 15.3. The molecule has 0 aliphatic rings. The summed E-state index contributed by atoms with van der Waals surface area (Å²) in [6.07, 6.45) is 2.13. The Kier molecular flexibility index (Phi) is 2.20. The van der Waals surface area contributed by atoms with Gasteiger partial charge in [0.05, 0.1) is 5.69 Å². The Labute approximate surface area is 106 Å². The zero-order chi connectivity index (χ0) is 12.9. The average molecular weight is 240 g/mol. The number of anilines is 1. The molecule has 3 aromatic rings. The first-order chi connectivity index (χ1) is 8.58. The number of fused-ring (bicyclic) bond motifs is 1. The van der Waals surface area contributed by atoms with Gasteiger partial charge >= 0.3 is 0 Å². The second kappa shape index (κ2) is 3.63. The third-order valence-corrected chi connectivity index (χ3v) is 3.40. The fraction of sp³-hybridized carbons (Fsp3) is 0.214. The lowest BCUT2D eigenvalue weighted by Gasteiger charge is -2.02. The summed E-state index contributed by atoms with van der Waals surface area (Å²) in [6, 6.07) is 8.26. The van der Waals surface area contributed by atoms with Crippen LogP contribution in [0.2, 0.25) is 0 Å². The molecule has 0 saturated heterocycles. The quantitative estimate of drug-likeness (QED) is 0.710. The Morgan fingerprint density at radius 1 is 1.22 bits per heavy atom. The summed E-state index contributed by atoms with van der Waals surface area (Å²) in [5.41, 5.74) is 10.5. The van der Waals surface area contributed by atoms with E-state index < -0.39 is 0 Å². The molecule has 0 unspecified atom stereocenters. The highest BCUT2D eigenvalue weighted by molar-refractivity contribution is 5.97. The molecule has 4 heteroatoms. The van der Waals surface area contributed by atoms with Gasteiger partial charge in [0.15, 0.2) is 0 Å². The Morgan fingerprint density at radius 2 is 2.00 bits per heavy atom. The lowest BCUT2D eigenvalue weighted by Crippen LogP contribution is -1.94. The standard InChI is InChI=1S/C14H16N4/c1-9-5-4-6-11-14(9)10(8-17(11)2)12-7-13(15)16-18(12)3/h4-8H,1-3H3,(H2,15,16). The summed E-state index contributed by atoms with van der Waals surface area (Å²) in [7, 11) is 3.98. The van der Waals surface area contributed by atoms with Gasteiger partial charge in [0.1, 0.15) is 5.82 Å². The Morgan fingerprint density at radius 3 is 2.67 bits per heavy atom. The molecule has 0 atom stereocenters. The van der Waals surface area contributed by atoms with Crippen LogP contribution in [0.1, 0.15) is 5.56 Å². The van der Waals surface area contributed by atoms with Gasteiger partial charge in [-0.05, 0) is 18.6 Å². The van der Waals surface area contributed by atoms with Crippen molar-refractivity contribution in [2.45, 2.75) is 6.92 Å². The molecule has 0 amide bonds. The number of aryl methyl sites for hydroxylation is 3. The number of hydrogen-bond donors (Lipinski definition) is 1. The van der Waals surface area contributed by atoms with Gasteiger partial charge in [-0.1, -0.05) is 12.1 Å². The first-order valence-electron chi connectivity index (χ1n) is 5.92. The summed E-state index contributed by atoms with van der Waals surface area (Å²) >= 11 is 0. The van der Waals surface area contributed by atoms with Crippen molar-refractivity contribution in [3.63, 3.8) is 0 Å². The lowest BCUT2D eigenvalue weighted by atomic mass is 10.1. The van der Waals surface area contributed by atoms with Crippen LogP contribution < -0.4 is 5.73 Å². The van der Waals surface area contributed by atoms with E-state index in [2.05, 4.69) is 48.0 Å². The second-order valence-corrected chi connectivity index (χ2v) is 4.70. The summed E-state index contributed by atoms with van der Waals surface area (Å²) < 4.78 is 3.97. The lowest BCUT2D eigenvalue weighted by molar-refractivity contribution is 0.780. The molecule has 2 N–H and O–H groups in total. The van der Waals surface area contributed by atoms with Gasteiger partial charge in [-0.2, -0.15) is 5.10 Å². The van der Waals surface area contributed by atoms with Crippen LogP contribution in [0.4, 0.5) is 5.82 Å². The van der Waals surface area contributed by atoms with Gasteiger partial charge in [0, 0.05) is 42.8 Å². The number of nitrogens with two attached hydrogens (primary N) is 1. The van der Waals surface area contributed by atoms with Crippen LogP contribution in [0.15, 0.2) is 30.5 Å². The highest BCUT2D eigenvalue weighted by Crippen LogP contribution is 2.32. The van der Waals surface area contributed by atoms with Crippen LogP contribution >= 0.6 is 0 Å². The molecule has 0 bridgehead atoms. The van der Waals surface area contributed by atoms with Gasteiger partial charge < -0.3 is 10.3 Å². The number of aromatic nitrogens is 3. The molecule has 2 heterocycles. The molecule has 3 rings (SSSR count). The molecule has 0 spiro atoms. The number of rotatable bonds is 1. The van der Waals surface area contributed by atoms with Crippen molar-refractivity contribution in [1.29, 1.82) is 0 Å². The van der Waals surface area contributed by atoms with Crippen LogP contribution in [0, 0.1) is 6.92 Å². The zero-order valence-corrected chi connectivity index (χ0v) is 10.8. The van der Waals surface area contributed by atoms with E-state index in [0.29, 0.717) is 5.82 Å². The van der Waals surface area contributed by atoms with Gasteiger partial charge in [0.2, 0.25) is 0 Å². The molecule has 0 aliphatic carbocycles. The minimum absolute atomic E-state index is 0.554. The third kappa shape index (κ3) is 1.42. The molecule has 0 radical (unpaired) electrons. The van der Waals surface area contributed by atoms with Crippen LogP contribution in [0.3, 0.4) is 0 Å². The van der Waals surface area contributed by atoms with Crippen molar-refractivity contribution in [3.8, 4) is 11.3 Å². The number of nitrogens with zero attached hydrogens (tertiary/aromatic N) is 3. The van der Waals surface area contributed by atoms with E-state index in [9.17, 15) is 0 Å². The summed E-state index contributed by atoms with van der Waals surface area (Å²) in [4.78, 5) is 0. The molecule has 0 saturated carbocycles. The average Bonchev–Trinajstić information content (AvgIpc) is 2.81. The zero-order valence-electron chi connectivity index (χ0n) is 10.8. The van der Waals surface area contributed by atoms with E-state index in [1.165, 1.54) is 22.0 Å². The second-order valence-electron chi connectivity index (χ2n) is 4.70. The molecule has 2 aromatic heterocycles. The van der Waals surface area contributed by atoms with E-state index >= 15 is 0 Å². The van der Waals surface area contributed by atoms with E-state index in [1.807, 2.05) is 17.8 Å².